The van der Waals surface area contributed by atoms with E-state index in [1.54, 1.807) is 14.2 Å². The highest BCUT2D eigenvalue weighted by Crippen LogP contribution is 2.37. The molecule has 3 nitrogen and oxygen atoms in total. The Hall–Kier alpha value is -3.07. The lowest BCUT2D eigenvalue weighted by molar-refractivity contribution is 0.355. The molecular formula is C21H17NO2. The van der Waals surface area contributed by atoms with Crippen molar-refractivity contribution in [2.75, 3.05) is 14.2 Å². The van der Waals surface area contributed by atoms with Gasteiger partial charge < -0.3 is 9.47 Å². The molecule has 118 valence electrons. The second-order valence-electron chi connectivity index (χ2n) is 5.61. The van der Waals surface area contributed by atoms with Crippen molar-refractivity contribution in [2.24, 2.45) is 0 Å². The largest absolute Gasteiger partial charge is 0.493 e. The smallest absolute Gasteiger partial charge is 0.161 e. The van der Waals surface area contributed by atoms with Gasteiger partial charge in [-0.15, -0.1) is 0 Å². The number of rotatable bonds is 3. The Bertz CT molecular complexity index is 1040. The third kappa shape index (κ3) is 2.26. The minimum absolute atomic E-state index is 0.722. The van der Waals surface area contributed by atoms with E-state index in [1.165, 1.54) is 5.39 Å². The molecule has 1 heterocycles. The summed E-state index contributed by atoms with van der Waals surface area (Å²) in [6.07, 6.45) is 1.84. The van der Waals surface area contributed by atoms with Crippen molar-refractivity contribution in [3.63, 3.8) is 0 Å². The van der Waals surface area contributed by atoms with Crippen molar-refractivity contribution in [1.29, 1.82) is 0 Å². The Morgan fingerprint density at radius 3 is 2.38 bits per heavy atom. The second kappa shape index (κ2) is 5.85. The molecule has 0 unspecified atom stereocenters. The molecule has 0 aliphatic carbocycles. The van der Waals surface area contributed by atoms with Crippen LogP contribution in [0.25, 0.3) is 32.8 Å². The molecule has 24 heavy (non-hydrogen) atoms. The fourth-order valence-electron chi connectivity index (χ4n) is 3.16. The second-order valence-corrected chi connectivity index (χ2v) is 5.61. The average molecular weight is 315 g/mol. The summed E-state index contributed by atoms with van der Waals surface area (Å²) in [4.78, 5) is 4.62. The Balaban J connectivity index is 2.05. The van der Waals surface area contributed by atoms with Gasteiger partial charge in [0.1, 0.15) is 0 Å². The van der Waals surface area contributed by atoms with Crippen LogP contribution in [0.15, 0.2) is 66.9 Å². The van der Waals surface area contributed by atoms with Gasteiger partial charge in [-0.25, -0.2) is 0 Å². The van der Waals surface area contributed by atoms with Crippen LogP contribution in [0.2, 0.25) is 0 Å². The first kappa shape index (κ1) is 14.5. The lowest BCUT2D eigenvalue weighted by Gasteiger charge is -2.12. The van der Waals surface area contributed by atoms with Gasteiger partial charge in [-0.3, -0.25) is 4.98 Å². The summed E-state index contributed by atoms with van der Waals surface area (Å²) >= 11 is 0. The Kier molecular flexibility index (Phi) is 3.54. The van der Waals surface area contributed by atoms with E-state index in [2.05, 4.69) is 47.4 Å². The minimum Gasteiger partial charge on any atom is -0.493 e. The molecule has 0 atom stereocenters. The van der Waals surface area contributed by atoms with E-state index in [-0.39, 0.29) is 0 Å². The summed E-state index contributed by atoms with van der Waals surface area (Å²) in [6, 6.07) is 20.6. The van der Waals surface area contributed by atoms with Gasteiger partial charge in [-0.1, -0.05) is 42.5 Å². The Morgan fingerprint density at radius 2 is 1.54 bits per heavy atom. The van der Waals surface area contributed by atoms with E-state index < -0.39 is 0 Å². The molecule has 4 aromatic rings. The van der Waals surface area contributed by atoms with Crippen LogP contribution in [0, 0.1) is 0 Å². The Labute approximate surface area is 140 Å². The van der Waals surface area contributed by atoms with Crippen LogP contribution in [-0.2, 0) is 0 Å². The lowest BCUT2D eigenvalue weighted by atomic mass is 9.96. The number of hydrogen-bond acceptors (Lipinski definition) is 3. The number of methoxy groups -OCH3 is 2. The highest BCUT2D eigenvalue weighted by atomic mass is 16.5. The molecule has 1 aromatic heterocycles. The van der Waals surface area contributed by atoms with E-state index >= 15 is 0 Å². The fraction of sp³-hybridized carbons (Fsp3) is 0.0952. The molecule has 0 radical (unpaired) electrons. The molecule has 0 saturated carbocycles. The minimum atomic E-state index is 0.722. The first-order valence-corrected chi connectivity index (χ1v) is 7.80. The molecule has 4 rings (SSSR count). The van der Waals surface area contributed by atoms with Crippen LogP contribution >= 0.6 is 0 Å². The van der Waals surface area contributed by atoms with Gasteiger partial charge in [0.15, 0.2) is 11.5 Å². The molecule has 0 N–H and O–H groups in total. The topological polar surface area (TPSA) is 31.4 Å². The third-order valence-electron chi connectivity index (χ3n) is 4.31. The first-order chi connectivity index (χ1) is 11.8. The van der Waals surface area contributed by atoms with Gasteiger partial charge in [0.2, 0.25) is 0 Å². The first-order valence-electron chi connectivity index (χ1n) is 7.80. The predicted molar refractivity (Wildman–Crippen MR) is 97.8 cm³/mol. The molecule has 3 heteroatoms. The SMILES string of the molecule is COc1ccc(-c2cccc3ccc4cccnc4c23)cc1OC. The fourth-order valence-corrected chi connectivity index (χ4v) is 3.16. The van der Waals surface area contributed by atoms with E-state index in [4.69, 9.17) is 9.47 Å². The normalized spacial score (nSPS) is 10.9. The van der Waals surface area contributed by atoms with Gasteiger partial charge in [-0.05, 0) is 34.7 Å². The molecule has 0 aliphatic heterocycles. The van der Waals surface area contributed by atoms with Gasteiger partial charge in [0.25, 0.3) is 0 Å². The lowest BCUT2D eigenvalue weighted by Crippen LogP contribution is -1.91. The van der Waals surface area contributed by atoms with Crippen molar-refractivity contribution >= 4 is 21.7 Å². The van der Waals surface area contributed by atoms with Crippen LogP contribution in [0.4, 0.5) is 0 Å². The number of pyridine rings is 1. The van der Waals surface area contributed by atoms with E-state index in [0.29, 0.717) is 0 Å². The van der Waals surface area contributed by atoms with Gasteiger partial charge in [-0.2, -0.15) is 0 Å². The van der Waals surface area contributed by atoms with Crippen molar-refractivity contribution in [1.82, 2.24) is 4.98 Å². The summed E-state index contributed by atoms with van der Waals surface area (Å²) in [6.45, 7) is 0. The number of fused-ring (bicyclic) bond motifs is 3. The highest BCUT2D eigenvalue weighted by molar-refractivity contribution is 6.12. The van der Waals surface area contributed by atoms with Crippen molar-refractivity contribution in [2.45, 2.75) is 0 Å². The van der Waals surface area contributed by atoms with Crippen LogP contribution < -0.4 is 9.47 Å². The molecule has 0 amide bonds. The maximum atomic E-state index is 5.46. The summed E-state index contributed by atoms with van der Waals surface area (Å²) in [7, 11) is 3.30. The van der Waals surface area contributed by atoms with Crippen molar-refractivity contribution in [3.05, 3.63) is 66.9 Å². The zero-order valence-corrected chi connectivity index (χ0v) is 13.6. The van der Waals surface area contributed by atoms with Crippen LogP contribution in [0.3, 0.4) is 0 Å². The van der Waals surface area contributed by atoms with Gasteiger partial charge in [0.05, 0.1) is 19.7 Å². The van der Waals surface area contributed by atoms with E-state index in [0.717, 1.165) is 38.9 Å². The van der Waals surface area contributed by atoms with Gasteiger partial charge in [0, 0.05) is 17.0 Å². The molecule has 0 bridgehead atoms. The number of ether oxygens (including phenoxy) is 2. The average Bonchev–Trinajstić information content (AvgIpc) is 2.66. The summed E-state index contributed by atoms with van der Waals surface area (Å²) in [5, 5.41) is 3.47. The van der Waals surface area contributed by atoms with Crippen molar-refractivity contribution < 1.29 is 9.47 Å². The number of nitrogens with zero attached hydrogens (tertiary/aromatic N) is 1. The molecule has 3 aromatic carbocycles. The highest BCUT2D eigenvalue weighted by Gasteiger charge is 2.11. The quantitative estimate of drug-likeness (QED) is 0.494. The van der Waals surface area contributed by atoms with Gasteiger partial charge >= 0.3 is 0 Å². The van der Waals surface area contributed by atoms with Crippen LogP contribution in [-0.4, -0.2) is 19.2 Å². The monoisotopic (exact) mass is 315 g/mol. The van der Waals surface area contributed by atoms with Crippen LogP contribution in [0.5, 0.6) is 11.5 Å². The Morgan fingerprint density at radius 1 is 0.750 bits per heavy atom. The maximum absolute atomic E-state index is 5.46. The maximum Gasteiger partial charge on any atom is 0.161 e. The van der Waals surface area contributed by atoms with Crippen molar-refractivity contribution in [3.8, 4) is 22.6 Å². The standard InChI is InChI=1S/C21H17NO2/c1-23-18-11-10-16(13-19(18)24-2)17-7-3-5-14-8-9-15-6-4-12-22-21(15)20(14)17/h3-13H,1-2H3. The molecule has 0 fully saturated rings. The molecule has 0 aliphatic rings. The summed E-state index contributed by atoms with van der Waals surface area (Å²) in [5.74, 6) is 1.45. The van der Waals surface area contributed by atoms with E-state index in [9.17, 15) is 0 Å². The number of aromatic nitrogens is 1. The molecule has 0 saturated heterocycles. The zero-order chi connectivity index (χ0) is 16.5. The summed E-state index contributed by atoms with van der Waals surface area (Å²) < 4.78 is 10.8. The number of hydrogen-bond donors (Lipinski definition) is 0. The third-order valence-corrected chi connectivity index (χ3v) is 4.31. The number of benzene rings is 3. The zero-order valence-electron chi connectivity index (χ0n) is 13.6. The molecule has 0 spiro atoms. The predicted octanol–water partition coefficient (Wildman–Crippen LogP) is 5.07. The summed E-state index contributed by atoms with van der Waals surface area (Å²) in [5.41, 5.74) is 3.23. The van der Waals surface area contributed by atoms with Crippen LogP contribution in [0.1, 0.15) is 0 Å². The van der Waals surface area contributed by atoms with E-state index in [1.807, 2.05) is 24.4 Å². The molecular weight excluding hydrogens is 298 g/mol.